The zero-order chi connectivity index (χ0) is 10.8. The highest BCUT2D eigenvalue weighted by molar-refractivity contribution is 6.03. The van der Waals surface area contributed by atoms with Gasteiger partial charge in [0.25, 0.3) is 0 Å². The molecular weight excluding hydrogens is 196 g/mol. The fraction of sp³-hybridized carbons (Fsp3) is 0.636. The van der Waals surface area contributed by atoms with E-state index in [-0.39, 0.29) is 12.2 Å². The molecule has 3 aliphatic rings. The molecular formula is C11H12O4. The van der Waals surface area contributed by atoms with E-state index in [2.05, 4.69) is 0 Å². The van der Waals surface area contributed by atoms with Crippen LogP contribution in [0.3, 0.4) is 0 Å². The molecule has 0 aromatic carbocycles. The van der Waals surface area contributed by atoms with Crippen LogP contribution >= 0.6 is 0 Å². The molecule has 2 bridgehead atoms. The lowest BCUT2D eigenvalue weighted by Gasteiger charge is -2.34. The average molecular weight is 208 g/mol. The Labute approximate surface area is 87.2 Å². The number of ether oxygens (including phenoxy) is 2. The van der Waals surface area contributed by atoms with Crippen molar-refractivity contribution in [2.75, 3.05) is 0 Å². The topological polar surface area (TPSA) is 52.6 Å². The summed E-state index contributed by atoms with van der Waals surface area (Å²) < 4.78 is 10.5. The largest absolute Gasteiger partial charge is 0.392 e. The van der Waals surface area contributed by atoms with Crippen LogP contribution in [0.1, 0.15) is 20.3 Å². The van der Waals surface area contributed by atoms with Gasteiger partial charge in [-0.3, -0.25) is 9.59 Å². The maximum absolute atomic E-state index is 11.9. The van der Waals surface area contributed by atoms with Crippen molar-refractivity contribution in [3.05, 3.63) is 12.2 Å². The Kier molecular flexibility index (Phi) is 1.41. The molecule has 80 valence electrons. The van der Waals surface area contributed by atoms with Gasteiger partial charge in [-0.05, 0) is 13.3 Å². The molecule has 4 heteroatoms. The molecule has 0 spiro atoms. The predicted molar refractivity (Wildman–Crippen MR) is 49.7 cm³/mol. The Balaban J connectivity index is 2.26. The summed E-state index contributed by atoms with van der Waals surface area (Å²) in [5, 5.41) is 0. The molecule has 0 amide bonds. The lowest BCUT2D eigenvalue weighted by atomic mass is 9.59. The summed E-state index contributed by atoms with van der Waals surface area (Å²) in [5.41, 5.74) is -1.61. The summed E-state index contributed by atoms with van der Waals surface area (Å²) in [5.74, 6) is -0.861. The smallest absolute Gasteiger partial charge is 0.324 e. The minimum absolute atomic E-state index is 0.295. The lowest BCUT2D eigenvalue weighted by molar-refractivity contribution is -0.159. The highest BCUT2D eigenvalue weighted by Crippen LogP contribution is 2.62. The van der Waals surface area contributed by atoms with Crippen molar-refractivity contribution in [3.8, 4) is 0 Å². The number of cyclic esters (lactones) is 2. The number of rotatable bonds is 1. The van der Waals surface area contributed by atoms with Crippen LogP contribution in [-0.4, -0.2) is 24.1 Å². The second-order valence-corrected chi connectivity index (χ2v) is 4.57. The van der Waals surface area contributed by atoms with Crippen LogP contribution in [0.15, 0.2) is 12.2 Å². The summed E-state index contributed by atoms with van der Waals surface area (Å²) in [6.45, 7) is 3.67. The van der Waals surface area contributed by atoms with Gasteiger partial charge in [0, 0.05) is 0 Å². The molecule has 0 saturated carbocycles. The van der Waals surface area contributed by atoms with Gasteiger partial charge < -0.3 is 9.47 Å². The monoisotopic (exact) mass is 208 g/mol. The van der Waals surface area contributed by atoms with E-state index in [0.29, 0.717) is 6.42 Å². The Morgan fingerprint density at radius 2 is 1.93 bits per heavy atom. The summed E-state index contributed by atoms with van der Waals surface area (Å²) >= 11 is 0. The first-order valence-electron chi connectivity index (χ1n) is 5.18. The molecule has 2 saturated heterocycles. The van der Waals surface area contributed by atoms with E-state index in [1.165, 1.54) is 0 Å². The van der Waals surface area contributed by atoms with Crippen LogP contribution in [0.4, 0.5) is 0 Å². The molecule has 0 radical (unpaired) electrons. The number of fused-ring (bicyclic) bond motifs is 5. The van der Waals surface area contributed by atoms with Gasteiger partial charge in [-0.25, -0.2) is 0 Å². The second kappa shape index (κ2) is 2.32. The molecule has 4 nitrogen and oxygen atoms in total. The Morgan fingerprint density at radius 3 is 2.53 bits per heavy atom. The van der Waals surface area contributed by atoms with Crippen LogP contribution in [0.25, 0.3) is 0 Å². The highest BCUT2D eigenvalue weighted by atomic mass is 16.6. The predicted octanol–water partition coefficient (Wildman–Crippen LogP) is 0.810. The van der Waals surface area contributed by atoms with E-state index in [4.69, 9.17) is 9.47 Å². The summed E-state index contributed by atoms with van der Waals surface area (Å²) in [4.78, 5) is 23.6. The van der Waals surface area contributed by atoms with Gasteiger partial charge in [0.1, 0.15) is 10.8 Å². The van der Waals surface area contributed by atoms with Gasteiger partial charge in [-0.15, -0.1) is 0 Å². The normalized spacial score (nSPS) is 51.1. The maximum Gasteiger partial charge on any atom is 0.324 e. The van der Waals surface area contributed by atoms with Gasteiger partial charge in [0.2, 0.25) is 0 Å². The molecule has 4 atom stereocenters. The molecule has 3 aliphatic heterocycles. The van der Waals surface area contributed by atoms with Crippen LogP contribution < -0.4 is 0 Å². The first-order chi connectivity index (χ1) is 7.07. The third kappa shape index (κ3) is 0.659. The fourth-order valence-electron chi connectivity index (χ4n) is 3.23. The van der Waals surface area contributed by atoms with E-state index in [1.807, 2.05) is 19.1 Å². The fourth-order valence-corrected chi connectivity index (χ4v) is 3.23. The molecule has 0 aromatic rings. The SMILES string of the molecule is CCC12C(=O)OC(=O)C1(C)C1C=CC2O1. The first-order valence-corrected chi connectivity index (χ1v) is 5.18. The quantitative estimate of drug-likeness (QED) is 0.363. The lowest BCUT2D eigenvalue weighted by Crippen LogP contribution is -2.48. The molecule has 0 aliphatic carbocycles. The van der Waals surface area contributed by atoms with E-state index in [9.17, 15) is 9.59 Å². The molecule has 0 N–H and O–H groups in total. The Hall–Kier alpha value is -1.16. The molecule has 2 fully saturated rings. The van der Waals surface area contributed by atoms with Crippen LogP contribution in [-0.2, 0) is 19.1 Å². The minimum atomic E-state index is -0.821. The van der Waals surface area contributed by atoms with Crippen molar-refractivity contribution in [1.82, 2.24) is 0 Å². The van der Waals surface area contributed by atoms with Crippen molar-refractivity contribution in [1.29, 1.82) is 0 Å². The van der Waals surface area contributed by atoms with Gasteiger partial charge >= 0.3 is 11.9 Å². The molecule has 15 heavy (non-hydrogen) atoms. The second-order valence-electron chi connectivity index (χ2n) is 4.57. The van der Waals surface area contributed by atoms with E-state index >= 15 is 0 Å². The molecule has 4 unspecified atom stereocenters. The molecule has 0 aromatic heterocycles. The van der Waals surface area contributed by atoms with E-state index < -0.39 is 22.8 Å². The van der Waals surface area contributed by atoms with Crippen molar-refractivity contribution >= 4 is 11.9 Å². The standard InChI is InChI=1S/C11H12O4/c1-3-11-7-5-4-6(14-7)10(11,2)8(12)15-9(11)13/h4-7H,3H2,1-2H3. The van der Waals surface area contributed by atoms with Crippen LogP contribution in [0.2, 0.25) is 0 Å². The zero-order valence-corrected chi connectivity index (χ0v) is 8.65. The van der Waals surface area contributed by atoms with Crippen molar-refractivity contribution in [2.45, 2.75) is 32.5 Å². The third-order valence-electron chi connectivity index (χ3n) is 4.27. The van der Waals surface area contributed by atoms with Gasteiger partial charge in [0.15, 0.2) is 0 Å². The summed E-state index contributed by atoms with van der Waals surface area (Å²) in [6.07, 6.45) is 3.70. The van der Waals surface area contributed by atoms with Gasteiger partial charge in [-0.1, -0.05) is 19.1 Å². The number of carbonyl (C=O) groups excluding carboxylic acids is 2. The minimum Gasteiger partial charge on any atom is -0.392 e. The zero-order valence-electron chi connectivity index (χ0n) is 8.65. The third-order valence-corrected chi connectivity index (χ3v) is 4.27. The maximum atomic E-state index is 11.9. The van der Waals surface area contributed by atoms with Gasteiger partial charge in [-0.2, -0.15) is 0 Å². The van der Waals surface area contributed by atoms with E-state index in [1.54, 1.807) is 6.92 Å². The summed E-state index contributed by atoms with van der Waals surface area (Å²) in [7, 11) is 0. The average Bonchev–Trinajstić information content (AvgIpc) is 2.80. The van der Waals surface area contributed by atoms with Crippen LogP contribution in [0.5, 0.6) is 0 Å². The van der Waals surface area contributed by atoms with E-state index in [0.717, 1.165) is 0 Å². The molecule has 3 heterocycles. The number of hydrogen-bond acceptors (Lipinski definition) is 4. The number of esters is 2. The van der Waals surface area contributed by atoms with Crippen molar-refractivity contribution in [3.63, 3.8) is 0 Å². The van der Waals surface area contributed by atoms with Crippen molar-refractivity contribution < 1.29 is 19.1 Å². The van der Waals surface area contributed by atoms with Crippen LogP contribution in [0, 0.1) is 10.8 Å². The summed E-state index contributed by atoms with van der Waals surface area (Å²) in [6, 6.07) is 0. The van der Waals surface area contributed by atoms with Gasteiger partial charge in [0.05, 0.1) is 12.2 Å². The highest BCUT2D eigenvalue weighted by Gasteiger charge is 2.77. The van der Waals surface area contributed by atoms with Crippen molar-refractivity contribution in [2.24, 2.45) is 10.8 Å². The number of hydrogen-bond donors (Lipinski definition) is 0. The Morgan fingerprint density at radius 1 is 1.27 bits per heavy atom. The Bertz CT molecular complexity index is 399. The molecule has 3 rings (SSSR count). The first kappa shape index (κ1) is 9.09. The number of carbonyl (C=O) groups is 2.